The average Bonchev–Trinajstić information content (AvgIpc) is 2.96. The van der Waals surface area contributed by atoms with Crippen LogP contribution in [0, 0.1) is 0 Å². The van der Waals surface area contributed by atoms with Gasteiger partial charge in [0.15, 0.2) is 0 Å². The molecular formula is C14H18Br2ClN3S. The van der Waals surface area contributed by atoms with Gasteiger partial charge in [-0.2, -0.15) is 5.10 Å². The molecule has 0 spiro atoms. The molecule has 0 aliphatic carbocycles. The van der Waals surface area contributed by atoms with Gasteiger partial charge >= 0.3 is 0 Å². The monoisotopic (exact) mass is 453 g/mol. The molecule has 0 fully saturated rings. The Morgan fingerprint density at radius 2 is 2.14 bits per heavy atom. The summed E-state index contributed by atoms with van der Waals surface area (Å²) in [6.07, 6.45) is 3.83. The lowest BCUT2D eigenvalue weighted by molar-refractivity contribution is 0.511. The van der Waals surface area contributed by atoms with Crippen molar-refractivity contribution >= 4 is 54.8 Å². The molecule has 0 saturated carbocycles. The summed E-state index contributed by atoms with van der Waals surface area (Å²) in [5, 5.41) is 8.72. The molecule has 0 aliphatic rings. The molecule has 0 bridgehead atoms. The first-order valence-corrected chi connectivity index (χ1v) is 9.75. The zero-order valence-corrected chi connectivity index (χ0v) is 16.7. The fraction of sp³-hybridized carbons (Fsp3) is 0.500. The van der Waals surface area contributed by atoms with Crippen molar-refractivity contribution in [3.63, 3.8) is 0 Å². The molecule has 21 heavy (non-hydrogen) atoms. The van der Waals surface area contributed by atoms with Crippen LogP contribution >= 0.6 is 54.8 Å². The highest BCUT2D eigenvalue weighted by Gasteiger charge is 2.24. The molecule has 3 nitrogen and oxygen atoms in total. The van der Waals surface area contributed by atoms with Crippen molar-refractivity contribution in [3.8, 4) is 0 Å². The van der Waals surface area contributed by atoms with Crippen LogP contribution in [0.4, 0.5) is 0 Å². The Hall–Kier alpha value is 0.120. The smallest absolute Gasteiger partial charge is 0.0837 e. The zero-order valence-electron chi connectivity index (χ0n) is 12.0. The number of thiophene rings is 1. The van der Waals surface area contributed by atoms with E-state index in [-0.39, 0.29) is 6.04 Å². The van der Waals surface area contributed by atoms with Crippen molar-refractivity contribution in [1.82, 2.24) is 15.1 Å². The minimum atomic E-state index is 0.0448. The average molecular weight is 456 g/mol. The standard InChI is InChI=1S/C14H18Br2ClN3S/c1-3-5-18-12(9-7-11(15)21-14(9)16)13-10(17)8-19-20(13)6-4-2/h7-8,12,18H,3-6H2,1-2H3. The number of nitrogens with one attached hydrogen (secondary N) is 1. The van der Waals surface area contributed by atoms with Gasteiger partial charge in [0, 0.05) is 12.1 Å². The number of nitrogens with zero attached hydrogens (tertiary/aromatic N) is 2. The minimum absolute atomic E-state index is 0.0448. The molecule has 116 valence electrons. The highest BCUT2D eigenvalue weighted by atomic mass is 79.9. The first kappa shape index (κ1) is 17.5. The quantitative estimate of drug-likeness (QED) is 0.587. The number of rotatable bonds is 7. The van der Waals surface area contributed by atoms with Gasteiger partial charge in [-0.05, 0) is 57.3 Å². The van der Waals surface area contributed by atoms with Gasteiger partial charge in [0.25, 0.3) is 0 Å². The van der Waals surface area contributed by atoms with Crippen molar-refractivity contribution in [3.05, 3.63) is 36.1 Å². The third-order valence-corrected chi connectivity index (χ3v) is 5.81. The Bertz CT molecular complexity index is 597. The maximum Gasteiger partial charge on any atom is 0.0837 e. The minimum Gasteiger partial charge on any atom is -0.305 e. The highest BCUT2D eigenvalue weighted by Crippen LogP contribution is 2.39. The summed E-state index contributed by atoms with van der Waals surface area (Å²) >= 11 is 15.3. The molecule has 7 heteroatoms. The van der Waals surface area contributed by atoms with Gasteiger partial charge in [-0.15, -0.1) is 11.3 Å². The van der Waals surface area contributed by atoms with Gasteiger partial charge in [-0.25, -0.2) is 0 Å². The van der Waals surface area contributed by atoms with Gasteiger partial charge in [-0.3, -0.25) is 4.68 Å². The predicted molar refractivity (Wildman–Crippen MR) is 97.4 cm³/mol. The summed E-state index contributed by atoms with van der Waals surface area (Å²) in [6.45, 7) is 6.10. The number of halogens is 3. The molecule has 1 N–H and O–H groups in total. The van der Waals surface area contributed by atoms with E-state index in [0.717, 1.165) is 39.2 Å². The molecule has 0 aromatic carbocycles. The number of hydrogen-bond acceptors (Lipinski definition) is 3. The Balaban J connectivity index is 2.45. The summed E-state index contributed by atoms with van der Waals surface area (Å²) in [4.78, 5) is 0. The molecule has 2 aromatic rings. The lowest BCUT2D eigenvalue weighted by Crippen LogP contribution is -2.26. The van der Waals surface area contributed by atoms with Crippen LogP contribution in [0.2, 0.25) is 5.02 Å². The van der Waals surface area contributed by atoms with E-state index >= 15 is 0 Å². The van der Waals surface area contributed by atoms with Gasteiger partial charge in [0.1, 0.15) is 0 Å². The van der Waals surface area contributed by atoms with E-state index in [0.29, 0.717) is 5.02 Å². The van der Waals surface area contributed by atoms with Crippen molar-refractivity contribution in [2.75, 3.05) is 6.54 Å². The van der Waals surface area contributed by atoms with E-state index in [1.165, 1.54) is 5.56 Å². The van der Waals surface area contributed by atoms with Crippen LogP contribution in [0.1, 0.15) is 44.0 Å². The molecular weight excluding hydrogens is 438 g/mol. The molecule has 2 rings (SSSR count). The van der Waals surface area contributed by atoms with Gasteiger partial charge < -0.3 is 5.32 Å². The summed E-state index contributed by atoms with van der Waals surface area (Å²) in [6, 6.07) is 2.19. The molecule has 0 aliphatic heterocycles. The van der Waals surface area contributed by atoms with Crippen LogP contribution in [0.5, 0.6) is 0 Å². The molecule has 0 saturated heterocycles. The maximum absolute atomic E-state index is 6.42. The normalized spacial score (nSPS) is 12.8. The predicted octanol–water partition coefficient (Wildman–Crippen LogP) is 5.62. The fourth-order valence-electron chi connectivity index (χ4n) is 2.24. The second-order valence-electron chi connectivity index (χ2n) is 4.77. The lowest BCUT2D eigenvalue weighted by atomic mass is 10.1. The summed E-state index contributed by atoms with van der Waals surface area (Å²) < 4.78 is 4.22. The van der Waals surface area contributed by atoms with Crippen LogP contribution in [0.25, 0.3) is 0 Å². The lowest BCUT2D eigenvalue weighted by Gasteiger charge is -2.20. The molecule has 0 radical (unpaired) electrons. The van der Waals surface area contributed by atoms with Crippen molar-refractivity contribution in [2.45, 2.75) is 39.3 Å². The molecule has 2 aromatic heterocycles. The van der Waals surface area contributed by atoms with Crippen LogP contribution < -0.4 is 5.32 Å². The second-order valence-corrected chi connectivity index (χ2v) is 8.92. The summed E-state index contributed by atoms with van der Waals surface area (Å²) in [7, 11) is 0. The second kappa shape index (κ2) is 8.11. The largest absolute Gasteiger partial charge is 0.305 e. The Labute approximate surface area is 151 Å². The van der Waals surface area contributed by atoms with E-state index in [1.807, 2.05) is 4.68 Å². The molecule has 1 unspecified atom stereocenters. The van der Waals surface area contributed by atoms with E-state index in [9.17, 15) is 0 Å². The SMILES string of the molecule is CCCNC(c1cc(Br)sc1Br)c1c(Cl)cnn1CCC. The van der Waals surface area contributed by atoms with E-state index in [1.54, 1.807) is 17.5 Å². The summed E-state index contributed by atoms with van der Waals surface area (Å²) in [5.74, 6) is 0. The van der Waals surface area contributed by atoms with Crippen molar-refractivity contribution < 1.29 is 0 Å². The van der Waals surface area contributed by atoms with Crippen molar-refractivity contribution in [2.24, 2.45) is 0 Å². The first-order chi connectivity index (χ1) is 10.1. The van der Waals surface area contributed by atoms with Crippen molar-refractivity contribution in [1.29, 1.82) is 0 Å². The zero-order chi connectivity index (χ0) is 15.4. The van der Waals surface area contributed by atoms with Crippen LogP contribution in [-0.2, 0) is 6.54 Å². The highest BCUT2D eigenvalue weighted by molar-refractivity contribution is 9.12. The third kappa shape index (κ3) is 4.10. The number of hydrogen-bond donors (Lipinski definition) is 1. The Morgan fingerprint density at radius 3 is 2.71 bits per heavy atom. The number of aryl methyl sites for hydroxylation is 1. The van der Waals surface area contributed by atoms with E-state index < -0.39 is 0 Å². The number of aromatic nitrogens is 2. The molecule has 1 atom stereocenters. The van der Waals surface area contributed by atoms with Crippen LogP contribution in [0.15, 0.2) is 19.8 Å². The maximum atomic E-state index is 6.42. The van der Waals surface area contributed by atoms with Gasteiger partial charge in [0.2, 0.25) is 0 Å². The van der Waals surface area contributed by atoms with Gasteiger partial charge in [-0.1, -0.05) is 25.4 Å². The van der Waals surface area contributed by atoms with Crippen LogP contribution in [-0.4, -0.2) is 16.3 Å². The first-order valence-electron chi connectivity index (χ1n) is 6.97. The van der Waals surface area contributed by atoms with E-state index in [2.05, 4.69) is 62.2 Å². The van der Waals surface area contributed by atoms with E-state index in [4.69, 9.17) is 11.6 Å². The third-order valence-electron chi connectivity index (χ3n) is 3.13. The fourth-order valence-corrected chi connectivity index (χ4v) is 5.39. The van der Waals surface area contributed by atoms with Crippen LogP contribution in [0.3, 0.4) is 0 Å². The molecule has 0 amide bonds. The summed E-state index contributed by atoms with van der Waals surface area (Å²) in [5.41, 5.74) is 2.23. The van der Waals surface area contributed by atoms with Gasteiger partial charge in [0.05, 0.1) is 30.5 Å². The Morgan fingerprint density at radius 1 is 1.38 bits per heavy atom. The Kier molecular flexibility index (Phi) is 6.75. The molecule has 2 heterocycles. The topological polar surface area (TPSA) is 29.9 Å².